The lowest BCUT2D eigenvalue weighted by atomic mass is 9.96. The van der Waals surface area contributed by atoms with E-state index in [1.165, 1.54) is 0 Å². The molecule has 5 nitrogen and oxygen atoms in total. The van der Waals surface area contributed by atoms with Crippen molar-refractivity contribution in [1.29, 1.82) is 0 Å². The summed E-state index contributed by atoms with van der Waals surface area (Å²) in [6, 6.07) is 0. The molecule has 5 heteroatoms. The molecule has 0 aromatic heterocycles. The Morgan fingerprint density at radius 2 is 2.00 bits per heavy atom. The highest BCUT2D eigenvalue weighted by Crippen LogP contribution is 2.22. The molecule has 1 saturated heterocycles. The molecular formula is C9H16O5. The van der Waals surface area contributed by atoms with E-state index in [4.69, 9.17) is 9.84 Å². The monoisotopic (exact) mass is 204 g/mol. The van der Waals surface area contributed by atoms with Crippen molar-refractivity contribution in [3.63, 3.8) is 0 Å². The number of aliphatic hydroxyl groups is 3. The average Bonchev–Trinajstić information content (AvgIpc) is 2.44. The Morgan fingerprint density at radius 3 is 2.36 bits per heavy atom. The van der Waals surface area contributed by atoms with Crippen molar-refractivity contribution < 1.29 is 24.9 Å². The maximum Gasteiger partial charge on any atom is 0.335 e. The predicted octanol–water partition coefficient (Wildman–Crippen LogP) is -0.959. The van der Waals surface area contributed by atoms with Crippen LogP contribution in [0.2, 0.25) is 0 Å². The molecule has 0 saturated carbocycles. The Morgan fingerprint density at radius 1 is 1.43 bits per heavy atom. The zero-order valence-corrected chi connectivity index (χ0v) is 8.25. The van der Waals surface area contributed by atoms with E-state index in [9.17, 15) is 15.0 Å². The van der Waals surface area contributed by atoms with Crippen molar-refractivity contribution >= 4 is 5.97 Å². The van der Waals surface area contributed by atoms with Crippen LogP contribution in [0.25, 0.3) is 0 Å². The van der Waals surface area contributed by atoms with Crippen molar-refractivity contribution in [3.05, 3.63) is 0 Å². The molecule has 3 N–H and O–H groups in total. The quantitative estimate of drug-likeness (QED) is 0.515. The summed E-state index contributed by atoms with van der Waals surface area (Å²) < 4.78 is 4.71. The number of cyclic esters (lactones) is 1. The van der Waals surface area contributed by atoms with Gasteiger partial charge in [-0.05, 0) is 5.92 Å². The maximum atomic E-state index is 10.8. The highest BCUT2D eigenvalue weighted by Gasteiger charge is 2.40. The molecule has 0 bridgehead atoms. The second-order valence-electron chi connectivity index (χ2n) is 3.95. The van der Waals surface area contributed by atoms with Crippen LogP contribution in [-0.2, 0) is 9.53 Å². The van der Waals surface area contributed by atoms with E-state index >= 15 is 0 Å². The van der Waals surface area contributed by atoms with Gasteiger partial charge >= 0.3 is 5.97 Å². The molecule has 1 aliphatic rings. The summed E-state index contributed by atoms with van der Waals surface area (Å²) in [6.07, 6.45) is -4.00. The molecule has 1 unspecified atom stereocenters. The number of hydrogen-bond acceptors (Lipinski definition) is 5. The summed E-state index contributed by atoms with van der Waals surface area (Å²) in [7, 11) is 0. The average molecular weight is 204 g/mol. The van der Waals surface area contributed by atoms with Crippen LogP contribution in [0.3, 0.4) is 0 Å². The van der Waals surface area contributed by atoms with E-state index < -0.39 is 30.4 Å². The second-order valence-corrected chi connectivity index (χ2v) is 3.95. The molecule has 1 rings (SSSR count). The van der Waals surface area contributed by atoms with Crippen LogP contribution >= 0.6 is 0 Å². The predicted molar refractivity (Wildman–Crippen MR) is 47.4 cm³/mol. The van der Waals surface area contributed by atoms with Gasteiger partial charge in [0, 0.05) is 6.42 Å². The first kappa shape index (κ1) is 11.4. The maximum absolute atomic E-state index is 10.8. The van der Waals surface area contributed by atoms with Crippen LogP contribution in [0.5, 0.6) is 0 Å². The van der Waals surface area contributed by atoms with Crippen molar-refractivity contribution in [3.8, 4) is 0 Å². The molecule has 82 valence electrons. The molecule has 14 heavy (non-hydrogen) atoms. The van der Waals surface area contributed by atoms with Gasteiger partial charge in [0.25, 0.3) is 0 Å². The molecule has 0 radical (unpaired) electrons. The van der Waals surface area contributed by atoms with Crippen molar-refractivity contribution in [1.82, 2.24) is 0 Å². The number of aliphatic hydroxyl groups excluding tert-OH is 3. The fraction of sp³-hybridized carbons (Fsp3) is 0.889. The van der Waals surface area contributed by atoms with Gasteiger partial charge in [-0.3, -0.25) is 0 Å². The van der Waals surface area contributed by atoms with Gasteiger partial charge < -0.3 is 20.1 Å². The van der Waals surface area contributed by atoms with Gasteiger partial charge in [-0.1, -0.05) is 13.8 Å². The Balaban J connectivity index is 2.54. The molecule has 4 atom stereocenters. The van der Waals surface area contributed by atoms with Crippen LogP contribution in [-0.4, -0.2) is 45.7 Å². The second kappa shape index (κ2) is 4.25. The topological polar surface area (TPSA) is 87.0 Å². The third-order valence-corrected chi connectivity index (χ3v) is 2.41. The molecule has 1 heterocycles. The highest BCUT2D eigenvalue weighted by atomic mass is 16.6. The Bertz CT molecular complexity index is 215. The lowest BCUT2D eigenvalue weighted by Gasteiger charge is -2.24. The Hall–Kier alpha value is -0.650. The summed E-state index contributed by atoms with van der Waals surface area (Å²) in [6.45, 7) is 3.50. The van der Waals surface area contributed by atoms with Gasteiger partial charge in [0.2, 0.25) is 0 Å². The van der Waals surface area contributed by atoms with Gasteiger partial charge in [0.05, 0.1) is 6.10 Å². The number of carbonyl (C=O) groups is 1. The Kier molecular flexibility index (Phi) is 3.47. The minimum atomic E-state index is -1.17. The van der Waals surface area contributed by atoms with E-state index in [1.54, 1.807) is 13.8 Å². The lowest BCUT2D eigenvalue weighted by molar-refractivity contribution is -0.154. The molecule has 0 aromatic carbocycles. The van der Waals surface area contributed by atoms with E-state index in [0.717, 1.165) is 0 Å². The first-order chi connectivity index (χ1) is 6.43. The van der Waals surface area contributed by atoms with Crippen LogP contribution in [0.4, 0.5) is 0 Å². The molecular weight excluding hydrogens is 188 g/mol. The van der Waals surface area contributed by atoms with E-state index in [1.807, 2.05) is 0 Å². The molecule has 0 amide bonds. The molecule has 0 aromatic rings. The van der Waals surface area contributed by atoms with Gasteiger partial charge in [-0.15, -0.1) is 0 Å². The summed E-state index contributed by atoms with van der Waals surface area (Å²) in [5.74, 6) is -0.855. The summed E-state index contributed by atoms with van der Waals surface area (Å²) >= 11 is 0. The van der Waals surface area contributed by atoms with Gasteiger partial charge in [-0.2, -0.15) is 0 Å². The number of carbonyl (C=O) groups excluding carboxylic acids is 1. The molecule has 1 aliphatic heterocycles. The van der Waals surface area contributed by atoms with Crippen LogP contribution in [0.1, 0.15) is 20.3 Å². The summed E-state index contributed by atoms with van der Waals surface area (Å²) in [4.78, 5) is 10.8. The van der Waals surface area contributed by atoms with Gasteiger partial charge in [0.15, 0.2) is 6.10 Å². The fourth-order valence-electron chi connectivity index (χ4n) is 1.42. The number of hydrogen-bond donors (Lipinski definition) is 3. The van der Waals surface area contributed by atoms with Crippen molar-refractivity contribution in [2.24, 2.45) is 5.92 Å². The third-order valence-electron chi connectivity index (χ3n) is 2.41. The molecule has 0 spiro atoms. The van der Waals surface area contributed by atoms with E-state index in [-0.39, 0.29) is 12.3 Å². The zero-order valence-electron chi connectivity index (χ0n) is 8.25. The summed E-state index contributed by atoms with van der Waals surface area (Å²) in [5, 5.41) is 28.2. The Labute approximate surface area is 82.3 Å². The largest absolute Gasteiger partial charge is 0.457 e. The van der Waals surface area contributed by atoms with Gasteiger partial charge in [-0.25, -0.2) is 4.79 Å². The fourth-order valence-corrected chi connectivity index (χ4v) is 1.42. The normalized spacial score (nSPS) is 31.7. The number of esters is 1. The smallest absolute Gasteiger partial charge is 0.335 e. The first-order valence-corrected chi connectivity index (χ1v) is 4.68. The first-order valence-electron chi connectivity index (χ1n) is 4.68. The van der Waals surface area contributed by atoms with E-state index in [2.05, 4.69) is 0 Å². The van der Waals surface area contributed by atoms with Crippen molar-refractivity contribution in [2.45, 2.75) is 44.7 Å². The molecule has 0 aliphatic carbocycles. The van der Waals surface area contributed by atoms with Crippen molar-refractivity contribution in [2.75, 3.05) is 0 Å². The summed E-state index contributed by atoms with van der Waals surface area (Å²) in [5.41, 5.74) is 0. The highest BCUT2D eigenvalue weighted by molar-refractivity contribution is 5.76. The van der Waals surface area contributed by atoms with Gasteiger partial charge in [0.1, 0.15) is 12.2 Å². The number of rotatable bonds is 3. The SMILES string of the molecule is CC(C)[C@H](O)C(O)[C@H]1C[C@H](O)C(=O)O1. The van der Waals surface area contributed by atoms with E-state index in [0.29, 0.717) is 0 Å². The number of ether oxygens (including phenoxy) is 1. The lowest BCUT2D eigenvalue weighted by Crippen LogP contribution is -2.40. The zero-order chi connectivity index (χ0) is 10.9. The minimum absolute atomic E-state index is 0.0454. The standard InChI is InChI=1S/C9H16O5/c1-4(2)7(11)8(12)6-3-5(10)9(13)14-6/h4-8,10-12H,3H2,1-2H3/t5-,6+,7-,8?/m0/s1. The molecule has 1 fully saturated rings. The van der Waals surface area contributed by atoms with Crippen LogP contribution < -0.4 is 0 Å². The minimum Gasteiger partial charge on any atom is -0.457 e. The van der Waals surface area contributed by atoms with Crippen LogP contribution in [0, 0.1) is 5.92 Å². The third kappa shape index (κ3) is 2.23. The van der Waals surface area contributed by atoms with Crippen LogP contribution in [0.15, 0.2) is 0 Å².